The van der Waals surface area contributed by atoms with Gasteiger partial charge in [-0.1, -0.05) is 17.7 Å². The van der Waals surface area contributed by atoms with Gasteiger partial charge in [0.25, 0.3) is 0 Å². The highest BCUT2D eigenvalue weighted by Gasteiger charge is 2.38. The quantitative estimate of drug-likeness (QED) is 0.760. The van der Waals surface area contributed by atoms with Crippen LogP contribution in [0.3, 0.4) is 0 Å². The molecule has 0 saturated heterocycles. The lowest BCUT2D eigenvalue weighted by molar-refractivity contribution is 0.804. The van der Waals surface area contributed by atoms with Gasteiger partial charge >= 0.3 is 0 Å². The Labute approximate surface area is 86.3 Å². The van der Waals surface area contributed by atoms with Crippen molar-refractivity contribution in [1.29, 1.82) is 0 Å². The summed E-state index contributed by atoms with van der Waals surface area (Å²) in [6, 6.07) is 4.57. The first-order chi connectivity index (χ1) is 6.63. The molecule has 0 unspecified atom stereocenters. The van der Waals surface area contributed by atoms with E-state index < -0.39 is 0 Å². The molecule has 0 aliphatic heterocycles. The molecule has 1 aliphatic rings. The fourth-order valence-electron chi connectivity index (χ4n) is 2.64. The van der Waals surface area contributed by atoms with Crippen LogP contribution in [0.4, 0.5) is 0 Å². The average Bonchev–Trinajstić information content (AvgIpc) is 2.81. The molecule has 76 valence electrons. The van der Waals surface area contributed by atoms with Gasteiger partial charge in [0.15, 0.2) is 0 Å². The minimum absolute atomic E-state index is 0.745. The molecule has 2 rings (SSSR count). The molecule has 0 heterocycles. The molecule has 2 atom stereocenters. The first-order valence-corrected chi connectivity index (χ1v) is 5.41. The molecule has 1 nitrogen and oxygen atoms in total. The van der Waals surface area contributed by atoms with Crippen LogP contribution in [-0.4, -0.2) is 6.54 Å². The minimum Gasteiger partial charge on any atom is -0.330 e. The molecular weight excluding hydrogens is 170 g/mol. The molecule has 1 aromatic rings. The van der Waals surface area contributed by atoms with Crippen molar-refractivity contribution in [3.05, 3.63) is 34.4 Å². The van der Waals surface area contributed by atoms with Crippen LogP contribution < -0.4 is 5.73 Å². The number of aryl methyl sites for hydroxylation is 3. The number of benzene rings is 1. The molecule has 2 N–H and O–H groups in total. The maximum absolute atomic E-state index is 5.69. The summed E-state index contributed by atoms with van der Waals surface area (Å²) in [6.07, 6.45) is 1.29. The third-order valence-electron chi connectivity index (χ3n) is 3.33. The zero-order valence-electron chi connectivity index (χ0n) is 9.30. The molecule has 0 radical (unpaired) electrons. The first-order valence-electron chi connectivity index (χ1n) is 5.41. The Morgan fingerprint density at radius 1 is 1.21 bits per heavy atom. The van der Waals surface area contributed by atoms with E-state index in [0.717, 1.165) is 18.4 Å². The van der Waals surface area contributed by atoms with Gasteiger partial charge in [0.2, 0.25) is 0 Å². The van der Waals surface area contributed by atoms with Crippen molar-refractivity contribution in [2.24, 2.45) is 11.7 Å². The van der Waals surface area contributed by atoms with Crippen LogP contribution in [0.2, 0.25) is 0 Å². The molecular formula is C13H19N. The number of hydrogen-bond donors (Lipinski definition) is 1. The Kier molecular flexibility index (Phi) is 2.36. The Hall–Kier alpha value is -0.820. The highest BCUT2D eigenvalue weighted by atomic mass is 14.6. The van der Waals surface area contributed by atoms with Crippen LogP contribution in [0.5, 0.6) is 0 Å². The summed E-state index contributed by atoms with van der Waals surface area (Å²) in [5.74, 6) is 1.50. The normalized spacial score (nSPS) is 25.1. The number of nitrogens with two attached hydrogens (primary N) is 1. The van der Waals surface area contributed by atoms with Crippen LogP contribution in [0.1, 0.15) is 34.6 Å². The maximum atomic E-state index is 5.69. The molecule has 0 aromatic heterocycles. The molecule has 1 heteroatoms. The van der Waals surface area contributed by atoms with Gasteiger partial charge in [0.05, 0.1) is 0 Å². The fraction of sp³-hybridized carbons (Fsp3) is 0.538. The summed E-state index contributed by atoms with van der Waals surface area (Å²) in [5, 5.41) is 0. The number of rotatable bonds is 2. The van der Waals surface area contributed by atoms with Crippen molar-refractivity contribution < 1.29 is 0 Å². The van der Waals surface area contributed by atoms with E-state index in [1.54, 1.807) is 5.56 Å². The van der Waals surface area contributed by atoms with Crippen LogP contribution in [0.25, 0.3) is 0 Å². The predicted molar refractivity (Wildman–Crippen MR) is 60.6 cm³/mol. The SMILES string of the molecule is Cc1cc(C)c([C@@H]2C[C@H]2CN)c(C)c1. The Bertz CT molecular complexity index is 331. The summed E-state index contributed by atoms with van der Waals surface area (Å²) in [4.78, 5) is 0. The summed E-state index contributed by atoms with van der Waals surface area (Å²) >= 11 is 0. The van der Waals surface area contributed by atoms with Crippen molar-refractivity contribution in [3.8, 4) is 0 Å². The standard InChI is InChI=1S/C13H19N/c1-8-4-9(2)13(10(3)5-8)12-6-11(12)7-14/h4-5,11-12H,6-7,14H2,1-3H3/t11-,12+/m0/s1. The number of hydrogen-bond acceptors (Lipinski definition) is 1. The van der Waals surface area contributed by atoms with Gasteiger partial charge in [-0.05, 0) is 62.3 Å². The van der Waals surface area contributed by atoms with Crippen LogP contribution >= 0.6 is 0 Å². The average molecular weight is 189 g/mol. The predicted octanol–water partition coefficient (Wildman–Crippen LogP) is 2.67. The van der Waals surface area contributed by atoms with Gasteiger partial charge < -0.3 is 5.73 Å². The van der Waals surface area contributed by atoms with Gasteiger partial charge in [0, 0.05) is 0 Å². The molecule has 0 bridgehead atoms. The van der Waals surface area contributed by atoms with E-state index in [1.165, 1.54) is 23.1 Å². The summed E-state index contributed by atoms with van der Waals surface area (Å²) in [6.45, 7) is 7.46. The van der Waals surface area contributed by atoms with E-state index in [-0.39, 0.29) is 0 Å². The fourth-order valence-corrected chi connectivity index (χ4v) is 2.64. The molecule has 14 heavy (non-hydrogen) atoms. The van der Waals surface area contributed by atoms with Gasteiger partial charge in [-0.3, -0.25) is 0 Å². The van der Waals surface area contributed by atoms with Crippen molar-refractivity contribution >= 4 is 0 Å². The molecule has 1 saturated carbocycles. The Morgan fingerprint density at radius 3 is 2.21 bits per heavy atom. The van der Waals surface area contributed by atoms with Crippen molar-refractivity contribution in [2.45, 2.75) is 33.1 Å². The smallest absolute Gasteiger partial charge is 0.00428 e. The molecule has 1 aliphatic carbocycles. The van der Waals surface area contributed by atoms with Crippen molar-refractivity contribution in [1.82, 2.24) is 0 Å². The highest BCUT2D eigenvalue weighted by Crippen LogP contribution is 2.48. The van der Waals surface area contributed by atoms with Crippen LogP contribution in [-0.2, 0) is 0 Å². The maximum Gasteiger partial charge on any atom is -0.00428 e. The topological polar surface area (TPSA) is 26.0 Å². The summed E-state index contributed by atoms with van der Waals surface area (Å²) in [5.41, 5.74) is 11.5. The van der Waals surface area contributed by atoms with Gasteiger partial charge in [-0.15, -0.1) is 0 Å². The van der Waals surface area contributed by atoms with Gasteiger partial charge in [-0.2, -0.15) is 0 Å². The van der Waals surface area contributed by atoms with Gasteiger partial charge in [-0.25, -0.2) is 0 Å². The molecule has 1 fully saturated rings. The van der Waals surface area contributed by atoms with Gasteiger partial charge in [0.1, 0.15) is 0 Å². The Morgan fingerprint density at radius 2 is 1.79 bits per heavy atom. The molecule has 1 aromatic carbocycles. The van der Waals surface area contributed by atoms with E-state index >= 15 is 0 Å². The van der Waals surface area contributed by atoms with E-state index in [2.05, 4.69) is 32.9 Å². The second kappa shape index (κ2) is 3.39. The van der Waals surface area contributed by atoms with Crippen molar-refractivity contribution in [3.63, 3.8) is 0 Å². The molecule has 0 amide bonds. The zero-order valence-corrected chi connectivity index (χ0v) is 9.30. The minimum atomic E-state index is 0.745. The third-order valence-corrected chi connectivity index (χ3v) is 3.33. The van der Waals surface area contributed by atoms with E-state index in [0.29, 0.717) is 0 Å². The largest absolute Gasteiger partial charge is 0.330 e. The lowest BCUT2D eigenvalue weighted by atomic mass is 9.95. The second-order valence-electron chi connectivity index (χ2n) is 4.65. The van der Waals surface area contributed by atoms with Crippen LogP contribution in [0.15, 0.2) is 12.1 Å². The van der Waals surface area contributed by atoms with E-state index in [4.69, 9.17) is 5.73 Å². The summed E-state index contributed by atoms with van der Waals surface area (Å²) in [7, 11) is 0. The summed E-state index contributed by atoms with van der Waals surface area (Å²) < 4.78 is 0. The van der Waals surface area contributed by atoms with Crippen LogP contribution in [0, 0.1) is 26.7 Å². The van der Waals surface area contributed by atoms with Crippen molar-refractivity contribution in [2.75, 3.05) is 6.54 Å². The second-order valence-corrected chi connectivity index (χ2v) is 4.65. The first kappa shape index (κ1) is 9.72. The lowest BCUT2D eigenvalue weighted by Gasteiger charge is -2.10. The molecule has 0 spiro atoms. The zero-order chi connectivity index (χ0) is 10.3. The third kappa shape index (κ3) is 1.57. The van der Waals surface area contributed by atoms with E-state index in [9.17, 15) is 0 Å². The Balaban J connectivity index is 2.34. The van der Waals surface area contributed by atoms with E-state index in [1.807, 2.05) is 0 Å². The lowest BCUT2D eigenvalue weighted by Crippen LogP contribution is -2.03. The monoisotopic (exact) mass is 189 g/mol. The highest BCUT2D eigenvalue weighted by molar-refractivity contribution is 5.42.